The van der Waals surface area contributed by atoms with Crippen molar-refractivity contribution in [1.29, 1.82) is 0 Å². The number of hydrogen-bond acceptors (Lipinski definition) is 3. The van der Waals surface area contributed by atoms with Gasteiger partial charge in [0.25, 0.3) is 10.0 Å². The van der Waals surface area contributed by atoms with Gasteiger partial charge in [-0.05, 0) is 60.5 Å². The summed E-state index contributed by atoms with van der Waals surface area (Å²) < 4.78 is 47.3. The molecule has 6 heteroatoms. The first-order valence-electron chi connectivity index (χ1n) is 8.51. The molecule has 0 spiro atoms. The zero-order chi connectivity index (χ0) is 19.2. The summed E-state index contributed by atoms with van der Waals surface area (Å²) in [5.41, 5.74) is 2.84. The molecule has 138 valence electrons. The lowest BCUT2D eigenvalue weighted by Gasteiger charge is -2.37. The number of methoxy groups -OCH3 is 1. The fourth-order valence-electron chi connectivity index (χ4n) is 3.55. The van der Waals surface area contributed by atoms with E-state index in [1.165, 1.54) is 35.7 Å². The summed E-state index contributed by atoms with van der Waals surface area (Å²) in [5, 5.41) is 0. The van der Waals surface area contributed by atoms with Crippen LogP contribution in [0.1, 0.15) is 18.5 Å². The number of rotatable bonds is 3. The number of benzene rings is 3. The predicted molar refractivity (Wildman–Crippen MR) is 103 cm³/mol. The van der Waals surface area contributed by atoms with Crippen LogP contribution in [0.25, 0.3) is 11.1 Å². The second kappa shape index (κ2) is 6.39. The molecule has 1 heterocycles. The van der Waals surface area contributed by atoms with Gasteiger partial charge in [0.1, 0.15) is 11.6 Å². The van der Waals surface area contributed by atoms with Gasteiger partial charge in [0, 0.05) is 5.56 Å². The fourth-order valence-corrected chi connectivity index (χ4v) is 5.21. The summed E-state index contributed by atoms with van der Waals surface area (Å²) in [6.45, 7) is 1.77. The molecule has 0 saturated heterocycles. The summed E-state index contributed by atoms with van der Waals surface area (Å²) in [6.07, 6.45) is 0. The van der Waals surface area contributed by atoms with Gasteiger partial charge in [-0.3, -0.25) is 4.31 Å². The summed E-state index contributed by atoms with van der Waals surface area (Å²) in [6, 6.07) is 17.5. The van der Waals surface area contributed by atoms with Gasteiger partial charge in [-0.15, -0.1) is 0 Å². The number of hydrogen-bond donors (Lipinski definition) is 0. The summed E-state index contributed by atoms with van der Waals surface area (Å²) >= 11 is 0. The van der Waals surface area contributed by atoms with Crippen molar-refractivity contribution >= 4 is 15.7 Å². The van der Waals surface area contributed by atoms with Crippen molar-refractivity contribution in [2.75, 3.05) is 11.4 Å². The second-order valence-corrected chi connectivity index (χ2v) is 8.22. The molecule has 4 rings (SSSR count). The van der Waals surface area contributed by atoms with Crippen LogP contribution in [0, 0.1) is 5.82 Å². The molecule has 0 amide bonds. The number of sulfonamides is 1. The Balaban J connectivity index is 1.92. The molecule has 0 aromatic heterocycles. The monoisotopic (exact) mass is 383 g/mol. The maximum absolute atomic E-state index is 13.9. The van der Waals surface area contributed by atoms with Crippen LogP contribution in [0.5, 0.6) is 5.75 Å². The lowest BCUT2D eigenvalue weighted by Crippen LogP contribution is -2.36. The molecule has 0 saturated carbocycles. The Bertz CT molecular complexity index is 1110. The zero-order valence-electron chi connectivity index (χ0n) is 14.9. The third-order valence-corrected chi connectivity index (χ3v) is 6.76. The number of anilines is 1. The average molecular weight is 383 g/mol. The standard InChI is InChI=1S/C21H18FNO3S/c1-14-20-13-15(22)7-12-18(20)19-5-3-4-6-21(19)23(14)27(24,25)17-10-8-16(26-2)9-11-17/h3-14H,1-2H3/t14-/m0/s1. The molecular formula is C21H18FNO3S. The van der Waals surface area contributed by atoms with E-state index in [1.807, 2.05) is 12.1 Å². The quantitative estimate of drug-likeness (QED) is 0.654. The van der Waals surface area contributed by atoms with E-state index in [2.05, 4.69) is 0 Å². The molecule has 3 aromatic rings. The minimum absolute atomic E-state index is 0.157. The zero-order valence-corrected chi connectivity index (χ0v) is 15.7. The largest absolute Gasteiger partial charge is 0.497 e. The SMILES string of the molecule is COc1ccc(S(=O)(=O)N2c3ccccc3-c3ccc(F)cc3[C@@H]2C)cc1. The maximum atomic E-state index is 13.9. The normalized spacial score (nSPS) is 15.8. The number of halogens is 1. The molecule has 3 aromatic carbocycles. The summed E-state index contributed by atoms with van der Waals surface area (Å²) in [4.78, 5) is 0.157. The molecule has 27 heavy (non-hydrogen) atoms. The van der Waals surface area contributed by atoms with E-state index in [9.17, 15) is 12.8 Å². The van der Waals surface area contributed by atoms with Crippen LogP contribution in [0.3, 0.4) is 0 Å². The van der Waals surface area contributed by atoms with Crippen LogP contribution >= 0.6 is 0 Å². The highest BCUT2D eigenvalue weighted by molar-refractivity contribution is 7.92. The second-order valence-electron chi connectivity index (χ2n) is 6.40. The molecule has 0 bridgehead atoms. The molecule has 0 aliphatic carbocycles. The van der Waals surface area contributed by atoms with Crippen molar-refractivity contribution in [1.82, 2.24) is 0 Å². The lowest BCUT2D eigenvalue weighted by atomic mass is 9.90. The van der Waals surface area contributed by atoms with Gasteiger partial charge in [-0.25, -0.2) is 12.8 Å². The van der Waals surface area contributed by atoms with E-state index in [4.69, 9.17) is 4.74 Å². The number of nitrogens with zero attached hydrogens (tertiary/aromatic N) is 1. The summed E-state index contributed by atoms with van der Waals surface area (Å²) in [7, 11) is -2.32. The van der Waals surface area contributed by atoms with Crippen molar-refractivity contribution in [3.05, 3.63) is 78.1 Å². The smallest absolute Gasteiger partial charge is 0.264 e. The van der Waals surface area contributed by atoms with E-state index < -0.39 is 16.1 Å². The van der Waals surface area contributed by atoms with Gasteiger partial charge in [-0.2, -0.15) is 0 Å². The van der Waals surface area contributed by atoms with Crippen molar-refractivity contribution < 1.29 is 17.5 Å². The Morgan fingerprint density at radius 3 is 2.37 bits per heavy atom. The van der Waals surface area contributed by atoms with Crippen molar-refractivity contribution in [3.63, 3.8) is 0 Å². The number of para-hydroxylation sites is 1. The van der Waals surface area contributed by atoms with Gasteiger partial charge in [0.15, 0.2) is 0 Å². The highest BCUT2D eigenvalue weighted by Crippen LogP contribution is 2.47. The first kappa shape index (κ1) is 17.5. The van der Waals surface area contributed by atoms with Gasteiger partial charge < -0.3 is 4.74 Å². The molecular weight excluding hydrogens is 365 g/mol. The average Bonchev–Trinajstić information content (AvgIpc) is 2.68. The Hall–Kier alpha value is -2.86. The highest BCUT2D eigenvalue weighted by atomic mass is 32.2. The first-order chi connectivity index (χ1) is 12.9. The Morgan fingerprint density at radius 1 is 0.963 bits per heavy atom. The molecule has 1 aliphatic heterocycles. The van der Waals surface area contributed by atoms with Crippen molar-refractivity contribution in [2.45, 2.75) is 17.9 Å². The third kappa shape index (κ3) is 2.77. The fraction of sp³-hybridized carbons (Fsp3) is 0.143. The van der Waals surface area contributed by atoms with Crippen molar-refractivity contribution in [2.24, 2.45) is 0 Å². The first-order valence-corrected chi connectivity index (χ1v) is 9.95. The Kier molecular flexibility index (Phi) is 4.15. The van der Waals surface area contributed by atoms with Crippen LogP contribution in [0.2, 0.25) is 0 Å². The van der Waals surface area contributed by atoms with Crippen LogP contribution in [-0.4, -0.2) is 15.5 Å². The molecule has 0 N–H and O–H groups in total. The van der Waals surface area contributed by atoms with E-state index >= 15 is 0 Å². The highest BCUT2D eigenvalue weighted by Gasteiger charge is 2.36. The van der Waals surface area contributed by atoms with Crippen molar-refractivity contribution in [3.8, 4) is 16.9 Å². The van der Waals surface area contributed by atoms with Crippen LogP contribution in [-0.2, 0) is 10.0 Å². The molecule has 0 radical (unpaired) electrons. The molecule has 1 atom stereocenters. The van der Waals surface area contributed by atoms with E-state index in [0.717, 1.165) is 11.1 Å². The van der Waals surface area contributed by atoms with E-state index in [-0.39, 0.29) is 10.7 Å². The van der Waals surface area contributed by atoms with Crippen LogP contribution in [0.4, 0.5) is 10.1 Å². The predicted octanol–water partition coefficient (Wildman–Crippen LogP) is 4.77. The number of fused-ring (bicyclic) bond motifs is 3. The van der Waals surface area contributed by atoms with Gasteiger partial charge >= 0.3 is 0 Å². The summed E-state index contributed by atoms with van der Waals surface area (Å²) in [5.74, 6) is 0.190. The Labute approximate surface area is 157 Å². The Morgan fingerprint density at radius 2 is 1.67 bits per heavy atom. The van der Waals surface area contributed by atoms with Crippen LogP contribution < -0.4 is 9.04 Å². The van der Waals surface area contributed by atoms with Gasteiger partial charge in [-0.1, -0.05) is 24.3 Å². The van der Waals surface area contributed by atoms with Crippen LogP contribution in [0.15, 0.2) is 71.6 Å². The molecule has 1 aliphatic rings. The number of ether oxygens (including phenoxy) is 1. The van der Waals surface area contributed by atoms with Gasteiger partial charge in [0.05, 0.1) is 23.7 Å². The minimum atomic E-state index is -3.85. The lowest BCUT2D eigenvalue weighted by molar-refractivity contribution is 0.414. The topological polar surface area (TPSA) is 46.6 Å². The molecule has 0 fully saturated rings. The van der Waals surface area contributed by atoms with E-state index in [1.54, 1.807) is 37.3 Å². The van der Waals surface area contributed by atoms with E-state index in [0.29, 0.717) is 17.0 Å². The maximum Gasteiger partial charge on any atom is 0.264 e. The van der Waals surface area contributed by atoms with Gasteiger partial charge in [0.2, 0.25) is 0 Å². The molecule has 0 unspecified atom stereocenters. The molecule has 4 nitrogen and oxygen atoms in total. The minimum Gasteiger partial charge on any atom is -0.497 e. The third-order valence-electron chi connectivity index (χ3n) is 4.86.